The van der Waals surface area contributed by atoms with Gasteiger partial charge in [-0.1, -0.05) is 13.8 Å². The molecule has 0 aliphatic carbocycles. The zero-order valence-corrected chi connectivity index (χ0v) is 11.7. The summed E-state index contributed by atoms with van der Waals surface area (Å²) in [5.41, 5.74) is 0.895. The van der Waals surface area contributed by atoms with E-state index in [9.17, 15) is 9.59 Å². The van der Waals surface area contributed by atoms with E-state index in [1.807, 2.05) is 19.2 Å². The molecule has 0 spiro atoms. The summed E-state index contributed by atoms with van der Waals surface area (Å²) in [6, 6.07) is 0. The lowest BCUT2D eigenvalue weighted by Gasteiger charge is -2.03. The second kappa shape index (κ2) is 5.52. The monoisotopic (exact) mass is 280 g/mol. The Hall–Kier alpha value is -1.69. The van der Waals surface area contributed by atoms with E-state index in [0.717, 1.165) is 10.4 Å². The van der Waals surface area contributed by atoms with Crippen molar-refractivity contribution in [1.29, 1.82) is 0 Å². The van der Waals surface area contributed by atoms with Crippen molar-refractivity contribution in [3.05, 3.63) is 27.1 Å². The van der Waals surface area contributed by atoms with Gasteiger partial charge in [0.2, 0.25) is 0 Å². The molecule has 0 saturated carbocycles. The topological polar surface area (TPSA) is 83.0 Å². The Balaban J connectivity index is 2.30. The summed E-state index contributed by atoms with van der Waals surface area (Å²) < 4.78 is 0. The molecular formula is C13H16N2O3S. The third kappa shape index (κ3) is 3.01. The summed E-state index contributed by atoms with van der Waals surface area (Å²) in [5.74, 6) is 0.0204. The van der Waals surface area contributed by atoms with E-state index in [0.29, 0.717) is 24.1 Å². The number of aryl methyl sites for hydroxylation is 1. The Labute approximate surface area is 114 Å². The van der Waals surface area contributed by atoms with Gasteiger partial charge >= 0.3 is 5.97 Å². The molecule has 2 aromatic heterocycles. The van der Waals surface area contributed by atoms with Gasteiger partial charge in [0.15, 0.2) is 0 Å². The maximum absolute atomic E-state index is 12.1. The third-order valence-corrected chi connectivity index (χ3v) is 3.84. The van der Waals surface area contributed by atoms with E-state index in [1.165, 1.54) is 11.3 Å². The molecule has 0 unspecified atom stereocenters. The lowest BCUT2D eigenvalue weighted by atomic mass is 10.0. The van der Waals surface area contributed by atoms with Crippen LogP contribution in [0, 0.1) is 0 Å². The first-order chi connectivity index (χ1) is 8.99. The molecule has 0 radical (unpaired) electrons. The fraction of sp³-hybridized carbons (Fsp3) is 0.462. The molecule has 2 heterocycles. The van der Waals surface area contributed by atoms with Crippen LogP contribution in [0.25, 0.3) is 10.2 Å². The van der Waals surface area contributed by atoms with Gasteiger partial charge in [-0.3, -0.25) is 9.59 Å². The first-order valence-corrected chi connectivity index (χ1v) is 7.09. The number of thiophene rings is 1. The number of aromatic nitrogens is 2. The van der Waals surface area contributed by atoms with Crippen LogP contribution >= 0.6 is 11.3 Å². The van der Waals surface area contributed by atoms with Gasteiger partial charge in [0.05, 0.1) is 5.39 Å². The molecule has 0 fully saturated rings. The van der Waals surface area contributed by atoms with Crippen LogP contribution in [0.5, 0.6) is 0 Å². The molecule has 2 rings (SSSR count). The van der Waals surface area contributed by atoms with Gasteiger partial charge in [0.25, 0.3) is 5.56 Å². The SMILES string of the molecule is CC(C)c1csc2nc(CCCC(=O)O)[nH]c(=O)c12. The molecule has 0 atom stereocenters. The van der Waals surface area contributed by atoms with Gasteiger partial charge in [-0.2, -0.15) is 0 Å². The van der Waals surface area contributed by atoms with Crippen LogP contribution in [-0.2, 0) is 11.2 Å². The maximum Gasteiger partial charge on any atom is 0.303 e. The minimum absolute atomic E-state index is 0.0867. The summed E-state index contributed by atoms with van der Waals surface area (Å²) in [6.45, 7) is 4.09. The second-order valence-electron chi connectivity index (χ2n) is 4.79. The van der Waals surface area contributed by atoms with Crippen LogP contribution in [0.15, 0.2) is 10.2 Å². The molecule has 6 heteroatoms. The summed E-state index contributed by atoms with van der Waals surface area (Å²) in [6.07, 6.45) is 1.04. The van der Waals surface area contributed by atoms with Gasteiger partial charge in [-0.25, -0.2) is 4.98 Å². The third-order valence-electron chi connectivity index (χ3n) is 2.95. The smallest absolute Gasteiger partial charge is 0.303 e. The molecule has 0 amide bonds. The maximum atomic E-state index is 12.1. The Bertz CT molecular complexity index is 657. The number of H-pyrrole nitrogens is 1. The van der Waals surface area contributed by atoms with Crippen molar-refractivity contribution in [2.45, 2.75) is 39.0 Å². The highest BCUT2D eigenvalue weighted by atomic mass is 32.1. The molecule has 0 aromatic carbocycles. The van der Waals surface area contributed by atoms with E-state index < -0.39 is 5.97 Å². The zero-order chi connectivity index (χ0) is 14.0. The quantitative estimate of drug-likeness (QED) is 0.881. The summed E-state index contributed by atoms with van der Waals surface area (Å²) in [4.78, 5) is 30.4. The Morgan fingerprint density at radius 1 is 1.53 bits per heavy atom. The molecule has 102 valence electrons. The highest BCUT2D eigenvalue weighted by Gasteiger charge is 2.13. The summed E-state index contributed by atoms with van der Waals surface area (Å²) in [7, 11) is 0. The lowest BCUT2D eigenvalue weighted by molar-refractivity contribution is -0.137. The van der Waals surface area contributed by atoms with Crippen LogP contribution in [0.3, 0.4) is 0 Å². The summed E-state index contributed by atoms with van der Waals surface area (Å²) in [5, 5.41) is 11.2. The van der Waals surface area contributed by atoms with Gasteiger partial charge in [0, 0.05) is 12.8 Å². The van der Waals surface area contributed by atoms with E-state index in [1.54, 1.807) is 0 Å². The molecule has 19 heavy (non-hydrogen) atoms. The average Bonchev–Trinajstić information content (AvgIpc) is 2.72. The molecule has 0 aliphatic rings. The number of aliphatic carboxylic acids is 1. The largest absolute Gasteiger partial charge is 0.481 e. The van der Waals surface area contributed by atoms with Crippen molar-refractivity contribution in [2.75, 3.05) is 0 Å². The van der Waals surface area contributed by atoms with Crippen LogP contribution in [0.4, 0.5) is 0 Å². The van der Waals surface area contributed by atoms with Gasteiger partial charge in [-0.05, 0) is 23.3 Å². The van der Waals surface area contributed by atoms with Crippen LogP contribution < -0.4 is 5.56 Å². The number of hydrogen-bond acceptors (Lipinski definition) is 4. The zero-order valence-electron chi connectivity index (χ0n) is 10.9. The van der Waals surface area contributed by atoms with Crippen molar-refractivity contribution < 1.29 is 9.90 Å². The van der Waals surface area contributed by atoms with Crippen molar-refractivity contribution in [3.8, 4) is 0 Å². The van der Waals surface area contributed by atoms with E-state index in [-0.39, 0.29) is 17.9 Å². The highest BCUT2D eigenvalue weighted by Crippen LogP contribution is 2.27. The van der Waals surface area contributed by atoms with Crippen molar-refractivity contribution >= 4 is 27.5 Å². The molecule has 0 bridgehead atoms. The number of rotatable bonds is 5. The Kier molecular flexibility index (Phi) is 3.99. The van der Waals surface area contributed by atoms with Crippen molar-refractivity contribution in [3.63, 3.8) is 0 Å². The first kappa shape index (κ1) is 13.7. The number of carboxylic acids is 1. The number of nitrogens with one attached hydrogen (secondary N) is 1. The van der Waals surface area contributed by atoms with E-state index >= 15 is 0 Å². The number of nitrogens with zero attached hydrogens (tertiary/aromatic N) is 1. The van der Waals surface area contributed by atoms with Crippen molar-refractivity contribution in [2.24, 2.45) is 0 Å². The molecule has 5 nitrogen and oxygen atoms in total. The van der Waals surface area contributed by atoms with Gasteiger partial charge in [0.1, 0.15) is 10.7 Å². The number of fused-ring (bicyclic) bond motifs is 1. The van der Waals surface area contributed by atoms with Gasteiger partial charge in [-0.15, -0.1) is 11.3 Å². The number of aromatic amines is 1. The fourth-order valence-electron chi connectivity index (χ4n) is 1.97. The number of carboxylic acid groups (broad SMARTS) is 1. The van der Waals surface area contributed by atoms with Crippen LogP contribution in [-0.4, -0.2) is 21.0 Å². The first-order valence-electron chi connectivity index (χ1n) is 6.21. The molecule has 2 N–H and O–H groups in total. The standard InChI is InChI=1S/C13H16N2O3S/c1-7(2)8-6-19-13-11(8)12(18)14-9(15-13)4-3-5-10(16)17/h6-7H,3-5H2,1-2H3,(H,16,17)(H,14,15,18). The molecule has 0 saturated heterocycles. The average molecular weight is 280 g/mol. The summed E-state index contributed by atoms with van der Waals surface area (Å²) >= 11 is 1.46. The predicted molar refractivity (Wildman–Crippen MR) is 74.9 cm³/mol. The second-order valence-corrected chi connectivity index (χ2v) is 5.64. The molecule has 0 aliphatic heterocycles. The highest BCUT2D eigenvalue weighted by molar-refractivity contribution is 7.16. The van der Waals surface area contributed by atoms with Crippen LogP contribution in [0.1, 0.15) is 44.0 Å². The van der Waals surface area contributed by atoms with Gasteiger partial charge < -0.3 is 10.1 Å². The number of carbonyl (C=O) groups is 1. The minimum Gasteiger partial charge on any atom is -0.481 e. The lowest BCUT2D eigenvalue weighted by Crippen LogP contribution is -2.12. The fourth-order valence-corrected chi connectivity index (χ4v) is 3.09. The van der Waals surface area contributed by atoms with E-state index in [4.69, 9.17) is 5.11 Å². The van der Waals surface area contributed by atoms with Crippen LogP contribution in [0.2, 0.25) is 0 Å². The Morgan fingerprint density at radius 2 is 2.26 bits per heavy atom. The predicted octanol–water partition coefficient (Wildman–Crippen LogP) is 2.52. The minimum atomic E-state index is -0.832. The van der Waals surface area contributed by atoms with E-state index in [2.05, 4.69) is 9.97 Å². The Morgan fingerprint density at radius 3 is 2.89 bits per heavy atom. The van der Waals surface area contributed by atoms with Crippen molar-refractivity contribution in [1.82, 2.24) is 9.97 Å². The number of hydrogen-bond donors (Lipinski definition) is 2. The molecular weight excluding hydrogens is 264 g/mol. The normalized spacial score (nSPS) is 11.3. The molecule has 2 aromatic rings.